The van der Waals surface area contributed by atoms with Crippen molar-refractivity contribution in [2.24, 2.45) is 11.1 Å². The molecule has 0 aliphatic rings. The lowest BCUT2D eigenvalue weighted by molar-refractivity contribution is 0.0961. The standard InChI is InChI=1S/C16H16BrNO3/c1-10(9-18-21-3)16(19)12-4-6-13-11(8-12)5-7-14(20-2)15(13)17/h4-10H,1-3H3/b18-9-/t10-/m1/s1. The molecule has 4 nitrogen and oxygen atoms in total. The fourth-order valence-corrected chi connectivity index (χ4v) is 2.72. The van der Waals surface area contributed by atoms with Gasteiger partial charge in [0.15, 0.2) is 5.78 Å². The van der Waals surface area contributed by atoms with E-state index < -0.39 is 0 Å². The van der Waals surface area contributed by atoms with Gasteiger partial charge in [0.2, 0.25) is 0 Å². The number of ketones is 1. The van der Waals surface area contributed by atoms with Gasteiger partial charge in [-0.2, -0.15) is 0 Å². The summed E-state index contributed by atoms with van der Waals surface area (Å²) in [4.78, 5) is 16.9. The molecule has 0 amide bonds. The Balaban J connectivity index is 2.40. The molecule has 0 saturated heterocycles. The Labute approximate surface area is 131 Å². The van der Waals surface area contributed by atoms with Gasteiger partial charge in [0.25, 0.3) is 0 Å². The predicted octanol–water partition coefficient (Wildman–Crippen LogP) is 4.06. The van der Waals surface area contributed by atoms with Crippen molar-refractivity contribution in [2.75, 3.05) is 14.2 Å². The third kappa shape index (κ3) is 3.24. The highest BCUT2D eigenvalue weighted by Gasteiger charge is 2.15. The lowest BCUT2D eigenvalue weighted by atomic mass is 9.97. The second-order valence-corrected chi connectivity index (χ2v) is 5.40. The van der Waals surface area contributed by atoms with E-state index >= 15 is 0 Å². The molecule has 0 aliphatic heterocycles. The summed E-state index contributed by atoms with van der Waals surface area (Å²) in [6.07, 6.45) is 1.50. The maximum absolute atomic E-state index is 12.3. The SMILES string of the molecule is CO/N=C\[C@@H](C)C(=O)c1ccc2c(Br)c(OC)ccc2c1. The van der Waals surface area contributed by atoms with Crippen molar-refractivity contribution < 1.29 is 14.4 Å². The van der Waals surface area contributed by atoms with Crippen LogP contribution in [-0.4, -0.2) is 26.2 Å². The summed E-state index contributed by atoms with van der Waals surface area (Å²) in [5.41, 5.74) is 0.648. The van der Waals surface area contributed by atoms with Gasteiger partial charge in [-0.1, -0.05) is 23.4 Å². The number of hydrogen-bond donors (Lipinski definition) is 0. The van der Waals surface area contributed by atoms with E-state index in [9.17, 15) is 4.79 Å². The summed E-state index contributed by atoms with van der Waals surface area (Å²) in [7, 11) is 3.08. The van der Waals surface area contributed by atoms with E-state index in [2.05, 4.69) is 25.9 Å². The number of ether oxygens (including phenoxy) is 1. The maximum Gasteiger partial charge on any atom is 0.171 e. The number of carbonyl (C=O) groups is 1. The van der Waals surface area contributed by atoms with Crippen molar-refractivity contribution in [3.8, 4) is 5.75 Å². The number of Topliss-reactive ketones (excluding diaryl/α,β-unsaturated/α-hetero) is 1. The molecular formula is C16H16BrNO3. The number of fused-ring (bicyclic) bond motifs is 1. The van der Waals surface area contributed by atoms with Gasteiger partial charge in [-0.3, -0.25) is 4.79 Å². The van der Waals surface area contributed by atoms with Crippen LogP contribution >= 0.6 is 15.9 Å². The van der Waals surface area contributed by atoms with Crippen molar-refractivity contribution >= 4 is 38.7 Å². The minimum atomic E-state index is -0.330. The fourth-order valence-electron chi connectivity index (χ4n) is 2.07. The molecule has 0 unspecified atom stereocenters. The largest absolute Gasteiger partial charge is 0.496 e. The van der Waals surface area contributed by atoms with Gasteiger partial charge in [-0.15, -0.1) is 0 Å². The van der Waals surface area contributed by atoms with Crippen LogP contribution in [0.3, 0.4) is 0 Å². The predicted molar refractivity (Wildman–Crippen MR) is 87.2 cm³/mol. The Hall–Kier alpha value is -1.88. The number of benzene rings is 2. The van der Waals surface area contributed by atoms with Crippen LogP contribution in [0, 0.1) is 5.92 Å². The van der Waals surface area contributed by atoms with E-state index in [0.717, 1.165) is 21.0 Å². The number of carbonyl (C=O) groups excluding carboxylic acids is 1. The van der Waals surface area contributed by atoms with Crippen molar-refractivity contribution in [1.29, 1.82) is 0 Å². The van der Waals surface area contributed by atoms with Gasteiger partial charge in [0.1, 0.15) is 12.9 Å². The second-order valence-electron chi connectivity index (χ2n) is 4.61. The third-order valence-corrected chi connectivity index (χ3v) is 4.04. The molecule has 5 heteroatoms. The first kappa shape index (κ1) is 15.5. The van der Waals surface area contributed by atoms with Crippen LogP contribution in [0.4, 0.5) is 0 Å². The van der Waals surface area contributed by atoms with Crippen LogP contribution in [0.2, 0.25) is 0 Å². The molecule has 1 atom stereocenters. The molecule has 2 rings (SSSR count). The van der Waals surface area contributed by atoms with Crippen molar-refractivity contribution in [3.05, 3.63) is 40.4 Å². The normalized spacial score (nSPS) is 12.6. The van der Waals surface area contributed by atoms with E-state index in [4.69, 9.17) is 4.74 Å². The van der Waals surface area contributed by atoms with Crippen LogP contribution in [0.5, 0.6) is 5.75 Å². The van der Waals surface area contributed by atoms with E-state index in [1.54, 1.807) is 14.0 Å². The van der Waals surface area contributed by atoms with Crippen molar-refractivity contribution in [3.63, 3.8) is 0 Å². The summed E-state index contributed by atoms with van der Waals surface area (Å²) in [6.45, 7) is 1.79. The molecule has 0 fully saturated rings. The highest BCUT2D eigenvalue weighted by molar-refractivity contribution is 9.10. The number of methoxy groups -OCH3 is 1. The van der Waals surface area contributed by atoms with Gasteiger partial charge in [-0.25, -0.2) is 0 Å². The lowest BCUT2D eigenvalue weighted by Gasteiger charge is -2.09. The quantitative estimate of drug-likeness (QED) is 0.464. The molecular weight excluding hydrogens is 334 g/mol. The Bertz CT molecular complexity index is 697. The first-order valence-electron chi connectivity index (χ1n) is 6.45. The van der Waals surface area contributed by atoms with Gasteiger partial charge in [0, 0.05) is 5.56 Å². The molecule has 2 aromatic rings. The molecule has 0 radical (unpaired) electrons. The molecule has 110 valence electrons. The van der Waals surface area contributed by atoms with Crippen molar-refractivity contribution in [1.82, 2.24) is 0 Å². The minimum absolute atomic E-state index is 0.00430. The minimum Gasteiger partial charge on any atom is -0.496 e. The molecule has 0 N–H and O–H groups in total. The Kier molecular flexibility index (Phi) is 4.96. The molecule has 0 aromatic heterocycles. The summed E-state index contributed by atoms with van der Waals surface area (Å²) < 4.78 is 6.15. The summed E-state index contributed by atoms with van der Waals surface area (Å²) in [5.74, 6) is 0.441. The highest BCUT2D eigenvalue weighted by atomic mass is 79.9. The van der Waals surface area contributed by atoms with E-state index in [0.29, 0.717) is 5.56 Å². The molecule has 0 heterocycles. The smallest absolute Gasteiger partial charge is 0.171 e. The highest BCUT2D eigenvalue weighted by Crippen LogP contribution is 2.33. The van der Waals surface area contributed by atoms with Gasteiger partial charge in [0.05, 0.1) is 23.7 Å². The molecule has 2 aromatic carbocycles. The number of nitrogens with zero attached hydrogens (tertiary/aromatic N) is 1. The zero-order valence-corrected chi connectivity index (χ0v) is 13.7. The average Bonchev–Trinajstić information content (AvgIpc) is 2.51. The second kappa shape index (κ2) is 6.72. The van der Waals surface area contributed by atoms with Gasteiger partial charge < -0.3 is 9.57 Å². The van der Waals surface area contributed by atoms with Crippen LogP contribution in [0.1, 0.15) is 17.3 Å². The number of oxime groups is 1. The zero-order valence-electron chi connectivity index (χ0n) is 12.1. The monoisotopic (exact) mass is 349 g/mol. The van der Waals surface area contributed by atoms with E-state index in [-0.39, 0.29) is 11.7 Å². The van der Waals surface area contributed by atoms with Crippen LogP contribution in [0.15, 0.2) is 40.0 Å². The molecule has 0 spiro atoms. The van der Waals surface area contributed by atoms with E-state index in [1.807, 2.05) is 30.3 Å². The molecule has 21 heavy (non-hydrogen) atoms. The third-order valence-electron chi connectivity index (χ3n) is 3.23. The summed E-state index contributed by atoms with van der Waals surface area (Å²) in [5, 5.41) is 5.63. The first-order valence-corrected chi connectivity index (χ1v) is 7.25. The lowest BCUT2D eigenvalue weighted by Crippen LogP contribution is -2.12. The van der Waals surface area contributed by atoms with E-state index in [1.165, 1.54) is 13.3 Å². The van der Waals surface area contributed by atoms with Crippen LogP contribution in [-0.2, 0) is 4.84 Å². The number of halogens is 1. The van der Waals surface area contributed by atoms with Crippen LogP contribution < -0.4 is 4.74 Å². The van der Waals surface area contributed by atoms with Gasteiger partial charge in [-0.05, 0) is 45.8 Å². The maximum atomic E-state index is 12.3. The fraction of sp³-hybridized carbons (Fsp3) is 0.250. The Morgan fingerprint density at radius 2 is 2.05 bits per heavy atom. The topological polar surface area (TPSA) is 47.9 Å². The zero-order chi connectivity index (χ0) is 15.4. The summed E-state index contributed by atoms with van der Waals surface area (Å²) in [6, 6.07) is 9.40. The number of hydrogen-bond acceptors (Lipinski definition) is 4. The average molecular weight is 350 g/mol. The Morgan fingerprint density at radius 1 is 1.29 bits per heavy atom. The van der Waals surface area contributed by atoms with Gasteiger partial charge >= 0.3 is 0 Å². The van der Waals surface area contributed by atoms with Crippen molar-refractivity contribution in [2.45, 2.75) is 6.92 Å². The molecule has 0 aliphatic carbocycles. The van der Waals surface area contributed by atoms with Crippen LogP contribution in [0.25, 0.3) is 10.8 Å². The Morgan fingerprint density at radius 3 is 2.71 bits per heavy atom. The molecule has 0 bridgehead atoms. The number of rotatable bonds is 5. The molecule has 0 saturated carbocycles. The summed E-state index contributed by atoms with van der Waals surface area (Å²) >= 11 is 3.52. The first-order chi connectivity index (χ1) is 10.1.